The van der Waals surface area contributed by atoms with Crippen LogP contribution in [0.3, 0.4) is 0 Å². The Balaban J connectivity index is 1.98. The number of methoxy groups -OCH3 is 1. The van der Waals surface area contributed by atoms with Gasteiger partial charge in [-0.2, -0.15) is 0 Å². The van der Waals surface area contributed by atoms with Gasteiger partial charge in [-0.1, -0.05) is 11.6 Å². The summed E-state index contributed by atoms with van der Waals surface area (Å²) in [5.41, 5.74) is 0.397. The van der Waals surface area contributed by atoms with Gasteiger partial charge >= 0.3 is 11.9 Å². The van der Waals surface area contributed by atoms with Crippen molar-refractivity contribution >= 4 is 23.5 Å². The van der Waals surface area contributed by atoms with Gasteiger partial charge < -0.3 is 14.2 Å². The summed E-state index contributed by atoms with van der Waals surface area (Å²) >= 11 is 5.77. The van der Waals surface area contributed by atoms with E-state index >= 15 is 0 Å². The van der Waals surface area contributed by atoms with Crippen molar-refractivity contribution in [3.63, 3.8) is 0 Å². The number of halogens is 1. The number of benzene rings is 2. The Morgan fingerprint density at radius 3 is 2.09 bits per heavy atom. The first-order valence-electron chi connectivity index (χ1n) is 6.82. The van der Waals surface area contributed by atoms with E-state index in [1.54, 1.807) is 55.5 Å². The summed E-state index contributed by atoms with van der Waals surface area (Å²) in [7, 11) is 1.29. The van der Waals surface area contributed by atoms with Gasteiger partial charge in [0.25, 0.3) is 0 Å². The molecule has 0 saturated carbocycles. The van der Waals surface area contributed by atoms with Crippen LogP contribution in [0.5, 0.6) is 11.5 Å². The molecule has 0 radical (unpaired) electrons. The predicted octanol–water partition coefficient (Wildman–Crippen LogP) is 3.50. The minimum Gasteiger partial charge on any atom is -0.479 e. The van der Waals surface area contributed by atoms with Crippen molar-refractivity contribution in [3.05, 3.63) is 59.1 Å². The van der Waals surface area contributed by atoms with Gasteiger partial charge in [0, 0.05) is 5.02 Å². The lowest BCUT2D eigenvalue weighted by atomic mass is 10.2. The number of esters is 2. The van der Waals surface area contributed by atoms with Crippen LogP contribution in [0.4, 0.5) is 0 Å². The van der Waals surface area contributed by atoms with Crippen LogP contribution < -0.4 is 9.47 Å². The van der Waals surface area contributed by atoms with Gasteiger partial charge in [0.15, 0.2) is 6.10 Å². The molecule has 2 aromatic carbocycles. The van der Waals surface area contributed by atoms with E-state index in [9.17, 15) is 9.59 Å². The van der Waals surface area contributed by atoms with Crippen LogP contribution in [-0.4, -0.2) is 25.2 Å². The normalized spacial score (nSPS) is 11.4. The highest BCUT2D eigenvalue weighted by atomic mass is 35.5. The minimum atomic E-state index is -0.720. The van der Waals surface area contributed by atoms with E-state index < -0.39 is 18.0 Å². The topological polar surface area (TPSA) is 61.8 Å². The molecule has 2 rings (SSSR count). The summed E-state index contributed by atoms with van der Waals surface area (Å²) in [5, 5.41) is 0.544. The van der Waals surface area contributed by atoms with Crippen LogP contribution in [0.2, 0.25) is 5.02 Å². The van der Waals surface area contributed by atoms with Gasteiger partial charge in [0.05, 0.1) is 12.7 Å². The molecule has 0 aliphatic heterocycles. The predicted molar refractivity (Wildman–Crippen MR) is 85.0 cm³/mol. The molecule has 23 heavy (non-hydrogen) atoms. The fourth-order valence-corrected chi connectivity index (χ4v) is 1.88. The van der Waals surface area contributed by atoms with Crippen molar-refractivity contribution in [2.24, 2.45) is 0 Å². The zero-order valence-electron chi connectivity index (χ0n) is 12.6. The number of hydrogen-bond donors (Lipinski definition) is 0. The second-order valence-corrected chi connectivity index (χ2v) is 5.09. The molecule has 1 atom stereocenters. The first-order chi connectivity index (χ1) is 11.0. The van der Waals surface area contributed by atoms with E-state index in [2.05, 4.69) is 4.74 Å². The molecule has 0 aliphatic carbocycles. The lowest BCUT2D eigenvalue weighted by molar-refractivity contribution is -0.147. The Morgan fingerprint density at radius 2 is 1.52 bits per heavy atom. The van der Waals surface area contributed by atoms with Crippen molar-refractivity contribution in [1.82, 2.24) is 0 Å². The van der Waals surface area contributed by atoms with Crippen LogP contribution in [0.15, 0.2) is 48.5 Å². The Bertz CT molecular complexity index is 679. The molecule has 0 amide bonds. The SMILES string of the molecule is COC(=O)[C@@H](C)Oc1ccc(OC(=O)c2ccc(Cl)cc2)cc1. The van der Waals surface area contributed by atoms with Crippen molar-refractivity contribution in [1.29, 1.82) is 0 Å². The fraction of sp³-hybridized carbons (Fsp3) is 0.176. The number of carbonyl (C=O) groups is 2. The molecule has 5 nitrogen and oxygen atoms in total. The van der Waals surface area contributed by atoms with E-state index in [4.69, 9.17) is 21.1 Å². The zero-order valence-corrected chi connectivity index (χ0v) is 13.4. The quantitative estimate of drug-likeness (QED) is 0.618. The van der Waals surface area contributed by atoms with Gasteiger partial charge in [0.2, 0.25) is 0 Å². The van der Waals surface area contributed by atoms with Gasteiger partial charge in [-0.3, -0.25) is 0 Å². The molecular formula is C17H15ClO5. The Labute approximate surface area is 138 Å². The third kappa shape index (κ3) is 4.72. The molecule has 6 heteroatoms. The smallest absolute Gasteiger partial charge is 0.346 e. The van der Waals surface area contributed by atoms with Crippen molar-refractivity contribution in [2.75, 3.05) is 7.11 Å². The van der Waals surface area contributed by atoms with Crippen LogP contribution in [-0.2, 0) is 9.53 Å². The van der Waals surface area contributed by atoms with Crippen LogP contribution in [0.25, 0.3) is 0 Å². The average Bonchev–Trinajstić information content (AvgIpc) is 2.56. The summed E-state index contributed by atoms with van der Waals surface area (Å²) < 4.78 is 15.2. The molecule has 0 aromatic heterocycles. The second kappa shape index (κ2) is 7.65. The van der Waals surface area contributed by atoms with Gasteiger partial charge in [-0.15, -0.1) is 0 Å². The van der Waals surface area contributed by atoms with Crippen LogP contribution >= 0.6 is 11.6 Å². The summed E-state index contributed by atoms with van der Waals surface area (Å²) in [5.74, 6) is -0.126. The Hall–Kier alpha value is -2.53. The molecule has 0 aliphatic rings. The third-order valence-electron chi connectivity index (χ3n) is 2.96. The van der Waals surface area contributed by atoms with Gasteiger partial charge in [0.1, 0.15) is 11.5 Å². The standard InChI is InChI=1S/C17H15ClO5/c1-11(16(19)21-2)22-14-7-9-15(10-8-14)23-17(20)12-3-5-13(18)6-4-12/h3-11H,1-2H3/t11-/m1/s1. The number of carbonyl (C=O) groups excluding carboxylic acids is 2. The fourth-order valence-electron chi connectivity index (χ4n) is 1.76. The second-order valence-electron chi connectivity index (χ2n) is 4.65. The highest BCUT2D eigenvalue weighted by Crippen LogP contribution is 2.20. The first-order valence-corrected chi connectivity index (χ1v) is 7.19. The molecular weight excluding hydrogens is 320 g/mol. The lowest BCUT2D eigenvalue weighted by Crippen LogP contribution is -2.24. The van der Waals surface area contributed by atoms with Crippen LogP contribution in [0.1, 0.15) is 17.3 Å². The molecule has 0 heterocycles. The summed E-state index contributed by atoms with van der Waals surface area (Å²) in [6.45, 7) is 1.58. The average molecular weight is 335 g/mol. The molecule has 2 aromatic rings. The van der Waals surface area contributed by atoms with E-state index in [0.717, 1.165) is 0 Å². The largest absolute Gasteiger partial charge is 0.479 e. The summed E-state index contributed by atoms with van der Waals surface area (Å²) in [6.07, 6.45) is -0.720. The molecule has 0 fully saturated rings. The van der Waals surface area contributed by atoms with Gasteiger partial charge in [-0.05, 0) is 55.5 Å². The third-order valence-corrected chi connectivity index (χ3v) is 3.21. The Morgan fingerprint density at radius 1 is 0.957 bits per heavy atom. The van der Waals surface area contributed by atoms with Crippen molar-refractivity contribution < 1.29 is 23.8 Å². The highest BCUT2D eigenvalue weighted by molar-refractivity contribution is 6.30. The molecule has 120 valence electrons. The first kappa shape index (κ1) is 16.8. The molecule has 0 N–H and O–H groups in total. The van der Waals surface area contributed by atoms with Gasteiger partial charge in [-0.25, -0.2) is 9.59 Å². The van der Waals surface area contributed by atoms with E-state index in [1.807, 2.05) is 0 Å². The molecule has 0 spiro atoms. The Kier molecular flexibility index (Phi) is 5.60. The molecule has 0 saturated heterocycles. The van der Waals surface area contributed by atoms with E-state index in [1.165, 1.54) is 7.11 Å². The highest BCUT2D eigenvalue weighted by Gasteiger charge is 2.15. The van der Waals surface area contributed by atoms with Crippen molar-refractivity contribution in [3.8, 4) is 11.5 Å². The maximum atomic E-state index is 12.0. The van der Waals surface area contributed by atoms with Crippen LogP contribution in [0, 0.1) is 0 Å². The number of hydrogen-bond acceptors (Lipinski definition) is 5. The van der Waals surface area contributed by atoms with E-state index in [0.29, 0.717) is 22.1 Å². The zero-order chi connectivity index (χ0) is 16.8. The molecule has 0 unspecified atom stereocenters. The summed E-state index contributed by atoms with van der Waals surface area (Å²) in [6, 6.07) is 12.8. The van der Waals surface area contributed by atoms with E-state index in [-0.39, 0.29) is 0 Å². The monoisotopic (exact) mass is 334 g/mol. The number of rotatable bonds is 5. The minimum absolute atomic E-state index is 0.364. The maximum absolute atomic E-state index is 12.0. The summed E-state index contributed by atoms with van der Waals surface area (Å²) in [4.78, 5) is 23.2. The lowest BCUT2D eigenvalue weighted by Gasteiger charge is -2.12. The number of ether oxygens (including phenoxy) is 3. The molecule has 0 bridgehead atoms. The van der Waals surface area contributed by atoms with Crippen molar-refractivity contribution in [2.45, 2.75) is 13.0 Å². The maximum Gasteiger partial charge on any atom is 0.346 e.